The molecular formula is C12H21N5O3. The minimum absolute atomic E-state index is 0.00576. The highest BCUT2D eigenvalue weighted by atomic mass is 16.6. The third-order valence-electron chi connectivity index (χ3n) is 2.70. The molecule has 1 heterocycles. The molecular weight excluding hydrogens is 262 g/mol. The Kier molecular flexibility index (Phi) is 6.10. The zero-order valence-electron chi connectivity index (χ0n) is 12.0. The lowest BCUT2D eigenvalue weighted by Gasteiger charge is -2.12. The van der Waals surface area contributed by atoms with Gasteiger partial charge < -0.3 is 15.7 Å². The molecule has 112 valence electrons. The van der Waals surface area contributed by atoms with Crippen molar-refractivity contribution in [3.05, 3.63) is 15.8 Å². The fourth-order valence-corrected chi connectivity index (χ4v) is 1.56. The second-order valence-electron chi connectivity index (χ2n) is 4.68. The molecule has 0 fully saturated rings. The van der Waals surface area contributed by atoms with Crippen molar-refractivity contribution >= 4 is 17.5 Å². The van der Waals surface area contributed by atoms with Crippen molar-refractivity contribution in [1.82, 2.24) is 9.97 Å². The predicted octanol–water partition coefficient (Wildman–Crippen LogP) is 1.56. The van der Waals surface area contributed by atoms with E-state index in [9.17, 15) is 10.1 Å². The first-order chi connectivity index (χ1) is 9.49. The number of aromatic nitrogens is 2. The summed E-state index contributed by atoms with van der Waals surface area (Å²) < 4.78 is 0. The molecule has 0 aromatic carbocycles. The maximum atomic E-state index is 11.1. The van der Waals surface area contributed by atoms with E-state index in [2.05, 4.69) is 20.6 Å². The minimum atomic E-state index is -0.495. The Balaban J connectivity index is 3.01. The third kappa shape index (κ3) is 4.30. The van der Waals surface area contributed by atoms with Crippen LogP contribution in [0.4, 0.5) is 17.5 Å². The van der Waals surface area contributed by atoms with Crippen molar-refractivity contribution in [2.75, 3.05) is 30.3 Å². The van der Waals surface area contributed by atoms with Gasteiger partial charge in [-0.25, -0.2) is 4.98 Å². The van der Waals surface area contributed by atoms with Gasteiger partial charge in [0, 0.05) is 19.7 Å². The van der Waals surface area contributed by atoms with Gasteiger partial charge in [-0.1, -0.05) is 13.8 Å². The lowest BCUT2D eigenvalue weighted by Crippen LogP contribution is -2.17. The maximum absolute atomic E-state index is 11.1. The van der Waals surface area contributed by atoms with Gasteiger partial charge in [-0.15, -0.1) is 0 Å². The number of anilines is 2. The molecule has 1 unspecified atom stereocenters. The van der Waals surface area contributed by atoms with E-state index in [-0.39, 0.29) is 24.0 Å². The quantitative estimate of drug-likeness (QED) is 0.490. The Hall–Kier alpha value is -1.96. The van der Waals surface area contributed by atoms with Crippen LogP contribution in [0.3, 0.4) is 0 Å². The average molecular weight is 283 g/mol. The van der Waals surface area contributed by atoms with E-state index in [4.69, 9.17) is 5.11 Å². The molecule has 0 bridgehead atoms. The SMILES string of the molecule is CCCNc1nc(C)c([N+](=O)[O-])c(NCC(C)CO)n1. The Labute approximate surface area is 117 Å². The molecule has 0 radical (unpaired) electrons. The fourth-order valence-electron chi connectivity index (χ4n) is 1.56. The number of aryl methyl sites for hydroxylation is 1. The number of hydrogen-bond acceptors (Lipinski definition) is 7. The zero-order valence-corrected chi connectivity index (χ0v) is 12.0. The lowest BCUT2D eigenvalue weighted by molar-refractivity contribution is -0.385. The molecule has 20 heavy (non-hydrogen) atoms. The summed E-state index contributed by atoms with van der Waals surface area (Å²) in [6.45, 7) is 6.53. The molecule has 1 aromatic rings. The summed E-state index contributed by atoms with van der Waals surface area (Å²) in [5.41, 5.74) is 0.181. The summed E-state index contributed by atoms with van der Waals surface area (Å²) in [4.78, 5) is 18.8. The van der Waals surface area contributed by atoms with E-state index < -0.39 is 4.92 Å². The second kappa shape index (κ2) is 7.59. The number of nitrogens with one attached hydrogen (secondary N) is 2. The Morgan fingerprint density at radius 2 is 2.10 bits per heavy atom. The van der Waals surface area contributed by atoms with Crippen LogP contribution in [0.5, 0.6) is 0 Å². The van der Waals surface area contributed by atoms with Crippen LogP contribution in [0.25, 0.3) is 0 Å². The number of nitrogens with zero attached hydrogens (tertiary/aromatic N) is 3. The van der Waals surface area contributed by atoms with Crippen LogP contribution < -0.4 is 10.6 Å². The zero-order chi connectivity index (χ0) is 15.1. The van der Waals surface area contributed by atoms with Gasteiger partial charge in [0.1, 0.15) is 5.69 Å². The smallest absolute Gasteiger partial charge is 0.332 e. The monoisotopic (exact) mass is 283 g/mol. The first-order valence-electron chi connectivity index (χ1n) is 6.61. The summed E-state index contributed by atoms with van der Waals surface area (Å²) in [5, 5.41) is 26.0. The highest BCUT2D eigenvalue weighted by Gasteiger charge is 2.22. The molecule has 1 atom stereocenters. The summed E-state index contributed by atoms with van der Waals surface area (Å²) in [6, 6.07) is 0. The minimum Gasteiger partial charge on any atom is -0.396 e. The number of rotatable bonds is 8. The molecule has 0 aliphatic heterocycles. The van der Waals surface area contributed by atoms with Crippen LogP contribution in [0.1, 0.15) is 26.0 Å². The molecule has 8 heteroatoms. The van der Waals surface area contributed by atoms with Crippen LogP contribution in [-0.4, -0.2) is 39.7 Å². The number of aliphatic hydroxyl groups excluding tert-OH is 1. The second-order valence-corrected chi connectivity index (χ2v) is 4.68. The van der Waals surface area contributed by atoms with Crippen LogP contribution in [-0.2, 0) is 0 Å². The molecule has 0 aliphatic carbocycles. The molecule has 0 saturated heterocycles. The lowest BCUT2D eigenvalue weighted by atomic mass is 10.2. The van der Waals surface area contributed by atoms with E-state index in [1.165, 1.54) is 0 Å². The van der Waals surface area contributed by atoms with Gasteiger partial charge in [-0.05, 0) is 19.3 Å². The van der Waals surface area contributed by atoms with Gasteiger partial charge in [-0.3, -0.25) is 10.1 Å². The van der Waals surface area contributed by atoms with Crippen LogP contribution in [0.2, 0.25) is 0 Å². The highest BCUT2D eigenvalue weighted by Crippen LogP contribution is 2.26. The van der Waals surface area contributed by atoms with E-state index in [0.29, 0.717) is 24.7 Å². The normalized spacial score (nSPS) is 12.0. The first kappa shape index (κ1) is 16.1. The largest absolute Gasteiger partial charge is 0.396 e. The summed E-state index contributed by atoms with van der Waals surface area (Å²) >= 11 is 0. The molecule has 1 rings (SSSR count). The van der Waals surface area contributed by atoms with Crippen molar-refractivity contribution in [1.29, 1.82) is 0 Å². The van der Waals surface area contributed by atoms with Gasteiger partial charge >= 0.3 is 5.69 Å². The van der Waals surface area contributed by atoms with Crippen molar-refractivity contribution in [3.8, 4) is 0 Å². The Morgan fingerprint density at radius 1 is 1.40 bits per heavy atom. The predicted molar refractivity (Wildman–Crippen MR) is 76.9 cm³/mol. The molecule has 0 amide bonds. The van der Waals surface area contributed by atoms with Crippen molar-refractivity contribution < 1.29 is 10.0 Å². The topological polar surface area (TPSA) is 113 Å². The molecule has 1 aromatic heterocycles. The van der Waals surface area contributed by atoms with Crippen LogP contribution in [0, 0.1) is 23.0 Å². The average Bonchev–Trinajstić information content (AvgIpc) is 2.41. The molecule has 0 aliphatic rings. The highest BCUT2D eigenvalue weighted by molar-refractivity contribution is 5.60. The first-order valence-corrected chi connectivity index (χ1v) is 6.61. The van der Waals surface area contributed by atoms with Gasteiger partial charge in [0.15, 0.2) is 0 Å². The number of hydrogen-bond donors (Lipinski definition) is 3. The van der Waals surface area contributed by atoms with Crippen molar-refractivity contribution in [2.45, 2.75) is 27.2 Å². The van der Waals surface area contributed by atoms with Gasteiger partial charge in [0.25, 0.3) is 0 Å². The van der Waals surface area contributed by atoms with Crippen molar-refractivity contribution in [3.63, 3.8) is 0 Å². The maximum Gasteiger partial charge on any atom is 0.332 e. The van der Waals surface area contributed by atoms with Crippen molar-refractivity contribution in [2.24, 2.45) is 5.92 Å². The Morgan fingerprint density at radius 3 is 2.65 bits per heavy atom. The van der Waals surface area contributed by atoms with E-state index in [0.717, 1.165) is 6.42 Å². The fraction of sp³-hybridized carbons (Fsp3) is 0.667. The Bertz CT molecular complexity index is 467. The van der Waals surface area contributed by atoms with E-state index >= 15 is 0 Å². The number of aliphatic hydroxyl groups is 1. The third-order valence-corrected chi connectivity index (χ3v) is 2.70. The van der Waals surface area contributed by atoms with Gasteiger partial charge in [0.05, 0.1) is 4.92 Å². The summed E-state index contributed by atoms with van der Waals surface area (Å²) in [6.07, 6.45) is 0.906. The van der Waals surface area contributed by atoms with Gasteiger partial charge in [0.2, 0.25) is 11.8 Å². The molecule has 3 N–H and O–H groups in total. The standard InChI is InChI=1S/C12H21N5O3/c1-4-5-13-12-15-9(3)10(17(19)20)11(16-12)14-6-8(2)7-18/h8,18H,4-7H2,1-3H3,(H2,13,14,15,16). The summed E-state index contributed by atoms with van der Waals surface area (Å²) in [7, 11) is 0. The molecule has 8 nitrogen and oxygen atoms in total. The molecule has 0 spiro atoms. The van der Waals surface area contributed by atoms with Crippen LogP contribution in [0.15, 0.2) is 0 Å². The number of nitro groups is 1. The van der Waals surface area contributed by atoms with E-state index in [1.54, 1.807) is 6.92 Å². The van der Waals surface area contributed by atoms with Crippen LogP contribution >= 0.6 is 0 Å². The molecule has 0 saturated carbocycles. The summed E-state index contributed by atoms with van der Waals surface area (Å²) in [5.74, 6) is 0.535. The van der Waals surface area contributed by atoms with Gasteiger partial charge in [-0.2, -0.15) is 4.98 Å². The van der Waals surface area contributed by atoms with E-state index in [1.807, 2.05) is 13.8 Å².